The zero-order valence-electron chi connectivity index (χ0n) is 13.1. The molecule has 5 rings (SSSR count). The summed E-state index contributed by atoms with van der Waals surface area (Å²) >= 11 is 3.34. The summed E-state index contributed by atoms with van der Waals surface area (Å²) in [4.78, 5) is 31.8. The number of imide groups is 1. The Morgan fingerprint density at radius 1 is 1.21 bits per heavy atom. The van der Waals surface area contributed by atoms with E-state index in [0.717, 1.165) is 26.7 Å². The Bertz CT molecular complexity index is 874. The van der Waals surface area contributed by atoms with E-state index in [0.29, 0.717) is 5.69 Å². The number of amides is 2. The molecule has 2 heterocycles. The standard InChI is InChI=1S/C18H16N2O2S2/c1-2-23-18-19-12-6-5-11(8-13(12)24-18)20-16(21)14-9-3-4-10(7-9)15(14)17(20)22/h3-6,8-10,14-15H,2,7H2,1H3/t9-,10+,14-,15+. The minimum Gasteiger partial charge on any atom is -0.274 e. The minimum absolute atomic E-state index is 0.0196. The number of aromatic nitrogens is 1. The molecule has 1 saturated carbocycles. The van der Waals surface area contributed by atoms with Crippen molar-refractivity contribution in [3.8, 4) is 0 Å². The number of hydrogen-bond donors (Lipinski definition) is 0. The highest BCUT2D eigenvalue weighted by molar-refractivity contribution is 8.01. The Labute approximate surface area is 147 Å². The van der Waals surface area contributed by atoms with Crippen LogP contribution in [0, 0.1) is 23.7 Å². The summed E-state index contributed by atoms with van der Waals surface area (Å²) in [6.45, 7) is 2.10. The Morgan fingerprint density at radius 3 is 2.58 bits per heavy atom. The number of carbonyl (C=O) groups is 2. The first-order chi connectivity index (χ1) is 11.7. The zero-order chi connectivity index (χ0) is 16.4. The van der Waals surface area contributed by atoms with Gasteiger partial charge < -0.3 is 0 Å². The van der Waals surface area contributed by atoms with Crippen molar-refractivity contribution in [2.24, 2.45) is 23.7 Å². The molecular weight excluding hydrogens is 340 g/mol. The van der Waals surface area contributed by atoms with E-state index in [2.05, 4.69) is 24.1 Å². The molecule has 2 aliphatic carbocycles. The van der Waals surface area contributed by atoms with Crippen molar-refractivity contribution in [3.05, 3.63) is 30.4 Å². The van der Waals surface area contributed by atoms with Crippen molar-refractivity contribution in [1.82, 2.24) is 4.98 Å². The van der Waals surface area contributed by atoms with Gasteiger partial charge in [-0.25, -0.2) is 9.88 Å². The summed E-state index contributed by atoms with van der Waals surface area (Å²) in [5.41, 5.74) is 1.63. The summed E-state index contributed by atoms with van der Waals surface area (Å²) in [6, 6.07) is 5.72. The Balaban J connectivity index is 1.53. The van der Waals surface area contributed by atoms with Crippen LogP contribution in [0.4, 0.5) is 5.69 Å². The summed E-state index contributed by atoms with van der Waals surface area (Å²) in [5, 5.41) is 0. The van der Waals surface area contributed by atoms with E-state index >= 15 is 0 Å². The van der Waals surface area contributed by atoms with Gasteiger partial charge in [0.05, 0.1) is 27.7 Å². The molecule has 2 fully saturated rings. The molecule has 122 valence electrons. The third-order valence-electron chi connectivity index (χ3n) is 5.35. The lowest BCUT2D eigenvalue weighted by Gasteiger charge is -2.17. The van der Waals surface area contributed by atoms with E-state index < -0.39 is 0 Å². The molecular formula is C18H16N2O2S2. The van der Waals surface area contributed by atoms with Crippen molar-refractivity contribution in [2.45, 2.75) is 17.7 Å². The van der Waals surface area contributed by atoms with Crippen LogP contribution >= 0.6 is 23.1 Å². The number of nitrogens with zero attached hydrogens (tertiary/aromatic N) is 2. The second-order valence-corrected chi connectivity index (χ2v) is 9.12. The molecule has 1 saturated heterocycles. The summed E-state index contributed by atoms with van der Waals surface area (Å²) in [5.74, 6) is 1.16. The molecule has 0 spiro atoms. The number of thiazole rings is 1. The Morgan fingerprint density at radius 2 is 1.92 bits per heavy atom. The van der Waals surface area contributed by atoms with Crippen LogP contribution in [0.1, 0.15) is 13.3 Å². The fourth-order valence-corrected chi connectivity index (χ4v) is 6.37. The summed E-state index contributed by atoms with van der Waals surface area (Å²) < 4.78 is 2.06. The van der Waals surface area contributed by atoms with Gasteiger partial charge in [-0.15, -0.1) is 11.3 Å². The molecule has 2 bridgehead atoms. The van der Waals surface area contributed by atoms with Crippen molar-refractivity contribution in [2.75, 3.05) is 10.7 Å². The lowest BCUT2D eigenvalue weighted by Crippen LogP contribution is -2.32. The lowest BCUT2D eigenvalue weighted by molar-refractivity contribution is -0.123. The zero-order valence-corrected chi connectivity index (χ0v) is 14.8. The number of carbonyl (C=O) groups excluding carboxylic acids is 2. The molecule has 3 aliphatic rings. The molecule has 4 atom stereocenters. The predicted octanol–water partition coefficient (Wildman–Crippen LogP) is 3.72. The van der Waals surface area contributed by atoms with Gasteiger partial charge in [-0.3, -0.25) is 9.59 Å². The fraction of sp³-hybridized carbons (Fsp3) is 0.389. The van der Waals surface area contributed by atoms with Gasteiger partial charge in [0.1, 0.15) is 0 Å². The molecule has 2 amide bonds. The second-order valence-electron chi connectivity index (χ2n) is 6.58. The van der Waals surface area contributed by atoms with Crippen LogP contribution in [-0.2, 0) is 9.59 Å². The van der Waals surface area contributed by atoms with Crippen molar-refractivity contribution >= 4 is 50.8 Å². The maximum absolute atomic E-state index is 12.9. The number of fused-ring (bicyclic) bond motifs is 6. The molecule has 1 aromatic heterocycles. The van der Waals surface area contributed by atoms with Gasteiger partial charge in [-0.2, -0.15) is 0 Å². The molecule has 0 N–H and O–H groups in total. The van der Waals surface area contributed by atoms with Gasteiger partial charge in [0.2, 0.25) is 11.8 Å². The van der Waals surface area contributed by atoms with E-state index in [1.54, 1.807) is 23.1 Å². The molecule has 4 nitrogen and oxygen atoms in total. The highest BCUT2D eigenvalue weighted by Gasteiger charge is 2.59. The van der Waals surface area contributed by atoms with Gasteiger partial charge in [0.25, 0.3) is 0 Å². The largest absolute Gasteiger partial charge is 0.274 e. The van der Waals surface area contributed by atoms with Gasteiger partial charge in [0.15, 0.2) is 4.34 Å². The average Bonchev–Trinajstić information content (AvgIpc) is 3.30. The third-order valence-corrected chi connectivity index (χ3v) is 7.39. The monoisotopic (exact) mass is 356 g/mol. The maximum Gasteiger partial charge on any atom is 0.238 e. The maximum atomic E-state index is 12.9. The first-order valence-electron chi connectivity index (χ1n) is 8.27. The van der Waals surface area contributed by atoms with Crippen LogP contribution in [0.2, 0.25) is 0 Å². The third kappa shape index (κ3) is 1.90. The van der Waals surface area contributed by atoms with Crippen molar-refractivity contribution in [1.29, 1.82) is 0 Å². The van der Waals surface area contributed by atoms with E-state index in [4.69, 9.17) is 0 Å². The van der Waals surface area contributed by atoms with Gasteiger partial charge in [-0.05, 0) is 42.2 Å². The average molecular weight is 356 g/mol. The van der Waals surface area contributed by atoms with Crippen LogP contribution in [-0.4, -0.2) is 22.6 Å². The van der Waals surface area contributed by atoms with E-state index in [-0.39, 0.29) is 35.5 Å². The number of anilines is 1. The first-order valence-corrected chi connectivity index (χ1v) is 10.1. The quantitative estimate of drug-likeness (QED) is 0.478. The molecule has 2 aromatic rings. The van der Waals surface area contributed by atoms with Crippen molar-refractivity contribution < 1.29 is 9.59 Å². The Hall–Kier alpha value is -1.66. The summed E-state index contributed by atoms with van der Waals surface area (Å²) in [6.07, 6.45) is 5.22. The van der Waals surface area contributed by atoms with E-state index in [1.807, 2.05) is 18.2 Å². The molecule has 1 aromatic carbocycles. The SMILES string of the molecule is CCSc1nc2ccc(N3C(=O)[C@@H]4[C@H](C3=O)[C@@H]3C=C[C@H]4C3)cc2s1. The van der Waals surface area contributed by atoms with Gasteiger partial charge in [-0.1, -0.05) is 30.8 Å². The fourth-order valence-electron chi connectivity index (χ4n) is 4.37. The molecule has 0 radical (unpaired) electrons. The van der Waals surface area contributed by atoms with Crippen LogP contribution in [0.5, 0.6) is 0 Å². The number of benzene rings is 1. The van der Waals surface area contributed by atoms with Gasteiger partial charge in [0, 0.05) is 0 Å². The highest BCUT2D eigenvalue weighted by Crippen LogP contribution is 2.53. The summed E-state index contributed by atoms with van der Waals surface area (Å²) in [7, 11) is 0. The Kier molecular flexibility index (Phi) is 3.16. The molecule has 24 heavy (non-hydrogen) atoms. The number of rotatable bonds is 3. The number of hydrogen-bond acceptors (Lipinski definition) is 5. The lowest BCUT2D eigenvalue weighted by atomic mass is 9.85. The normalized spacial score (nSPS) is 30.8. The van der Waals surface area contributed by atoms with Crippen LogP contribution in [0.15, 0.2) is 34.7 Å². The predicted molar refractivity (Wildman–Crippen MR) is 96.2 cm³/mol. The van der Waals surface area contributed by atoms with Crippen molar-refractivity contribution in [3.63, 3.8) is 0 Å². The van der Waals surface area contributed by atoms with Crippen LogP contribution in [0.3, 0.4) is 0 Å². The second kappa shape index (κ2) is 5.17. The van der Waals surface area contributed by atoms with E-state index in [1.165, 1.54) is 4.90 Å². The molecule has 1 aliphatic heterocycles. The number of allylic oxidation sites excluding steroid dienone is 2. The highest BCUT2D eigenvalue weighted by atomic mass is 32.2. The number of thioether (sulfide) groups is 1. The van der Waals surface area contributed by atoms with Gasteiger partial charge >= 0.3 is 0 Å². The first kappa shape index (κ1) is 14.7. The minimum atomic E-state index is -0.143. The van der Waals surface area contributed by atoms with Crippen LogP contribution < -0.4 is 4.90 Å². The molecule has 0 unspecified atom stereocenters. The van der Waals surface area contributed by atoms with Crippen LogP contribution in [0.25, 0.3) is 10.2 Å². The molecule has 6 heteroatoms. The van der Waals surface area contributed by atoms with E-state index in [9.17, 15) is 9.59 Å². The topological polar surface area (TPSA) is 50.3 Å². The smallest absolute Gasteiger partial charge is 0.238 e.